The molecule has 1 heterocycles. The fourth-order valence-corrected chi connectivity index (χ4v) is 3.36. The number of hydrogen-bond acceptors (Lipinski definition) is 3. The Balaban J connectivity index is 1.80. The summed E-state index contributed by atoms with van der Waals surface area (Å²) in [6, 6.07) is 15.2. The molecule has 4 nitrogen and oxygen atoms in total. The molecule has 0 aliphatic carbocycles. The molecule has 31 heavy (non-hydrogen) atoms. The van der Waals surface area contributed by atoms with Gasteiger partial charge in [0.2, 0.25) is 0 Å². The number of aryl methyl sites for hydroxylation is 1. The molecular formula is C24H17F3N2O2. The number of halogens is 3. The summed E-state index contributed by atoms with van der Waals surface area (Å²) in [5.74, 6) is -4.23. The zero-order valence-corrected chi connectivity index (χ0v) is 16.5. The van der Waals surface area contributed by atoms with Crippen LogP contribution in [0, 0.1) is 17.5 Å². The first-order valence-corrected chi connectivity index (χ1v) is 9.59. The van der Waals surface area contributed by atoms with Crippen LogP contribution in [0.25, 0.3) is 5.57 Å². The lowest BCUT2D eigenvalue weighted by atomic mass is 10.0. The minimum absolute atomic E-state index is 0.00861. The predicted octanol–water partition coefficient (Wildman–Crippen LogP) is 5.06. The van der Waals surface area contributed by atoms with E-state index in [1.165, 1.54) is 24.3 Å². The molecule has 4 rings (SSSR count). The molecule has 0 unspecified atom stereocenters. The summed E-state index contributed by atoms with van der Waals surface area (Å²) in [6.07, 6.45) is 0.838. The number of imide groups is 1. The Hall–Kier alpha value is -3.87. The van der Waals surface area contributed by atoms with Gasteiger partial charge in [0, 0.05) is 11.8 Å². The lowest BCUT2D eigenvalue weighted by Crippen LogP contribution is -2.32. The largest absolute Gasteiger partial charge is 0.350 e. The monoisotopic (exact) mass is 422 g/mol. The third-order valence-electron chi connectivity index (χ3n) is 5.01. The number of rotatable bonds is 5. The zero-order valence-electron chi connectivity index (χ0n) is 16.5. The van der Waals surface area contributed by atoms with Gasteiger partial charge in [-0.15, -0.1) is 0 Å². The lowest BCUT2D eigenvalue weighted by Gasteiger charge is -2.15. The third kappa shape index (κ3) is 3.82. The van der Waals surface area contributed by atoms with Crippen molar-refractivity contribution in [3.05, 3.63) is 101 Å². The molecule has 156 valence electrons. The highest BCUT2D eigenvalue weighted by Gasteiger charge is 2.40. The van der Waals surface area contributed by atoms with Gasteiger partial charge in [0.15, 0.2) is 11.6 Å². The van der Waals surface area contributed by atoms with Crippen molar-refractivity contribution in [1.29, 1.82) is 0 Å². The van der Waals surface area contributed by atoms with E-state index >= 15 is 0 Å². The highest BCUT2D eigenvalue weighted by molar-refractivity contribution is 6.46. The van der Waals surface area contributed by atoms with Crippen LogP contribution in [0.3, 0.4) is 0 Å². The molecule has 1 aliphatic rings. The molecule has 0 saturated carbocycles. The normalized spacial score (nSPS) is 13.9. The highest BCUT2D eigenvalue weighted by atomic mass is 19.2. The van der Waals surface area contributed by atoms with E-state index in [4.69, 9.17) is 0 Å². The van der Waals surface area contributed by atoms with Crippen LogP contribution in [0.5, 0.6) is 0 Å². The smallest absolute Gasteiger partial charge is 0.282 e. The second-order valence-electron chi connectivity index (χ2n) is 6.98. The fraction of sp³-hybridized carbons (Fsp3) is 0.0833. The van der Waals surface area contributed by atoms with E-state index in [1.807, 2.05) is 19.1 Å². The van der Waals surface area contributed by atoms with Crippen LogP contribution in [0.4, 0.5) is 24.5 Å². The number of benzene rings is 3. The van der Waals surface area contributed by atoms with Crippen molar-refractivity contribution in [2.24, 2.45) is 0 Å². The molecule has 0 radical (unpaired) electrons. The quantitative estimate of drug-likeness (QED) is 0.585. The SMILES string of the molecule is CCc1ccc(NC2=C(c3ccc(F)cc3)C(=O)N(c3ccc(F)c(F)c3)C2=O)cc1. The van der Waals surface area contributed by atoms with E-state index in [0.717, 1.165) is 35.1 Å². The molecule has 7 heteroatoms. The number of nitrogens with zero attached hydrogens (tertiary/aromatic N) is 1. The maximum atomic E-state index is 13.8. The van der Waals surface area contributed by atoms with Gasteiger partial charge in [0.25, 0.3) is 11.8 Å². The molecular weight excluding hydrogens is 405 g/mol. The molecule has 0 saturated heterocycles. The van der Waals surface area contributed by atoms with Crippen molar-refractivity contribution in [1.82, 2.24) is 0 Å². The van der Waals surface area contributed by atoms with Gasteiger partial charge in [0.05, 0.1) is 11.3 Å². The van der Waals surface area contributed by atoms with Crippen LogP contribution >= 0.6 is 0 Å². The maximum absolute atomic E-state index is 13.8. The van der Waals surface area contributed by atoms with Crippen LogP contribution in [-0.2, 0) is 16.0 Å². The Labute approximate surface area is 176 Å². The van der Waals surface area contributed by atoms with Gasteiger partial charge in [0.1, 0.15) is 11.5 Å². The number of carbonyl (C=O) groups excluding carboxylic acids is 2. The van der Waals surface area contributed by atoms with E-state index in [1.54, 1.807) is 12.1 Å². The van der Waals surface area contributed by atoms with Crippen LogP contribution in [-0.4, -0.2) is 11.8 Å². The summed E-state index contributed by atoms with van der Waals surface area (Å²) in [5.41, 5.74) is 1.85. The molecule has 1 N–H and O–H groups in total. The highest BCUT2D eigenvalue weighted by Crippen LogP contribution is 2.34. The Kier molecular flexibility index (Phi) is 5.33. The molecule has 3 aromatic carbocycles. The molecule has 0 fully saturated rings. The van der Waals surface area contributed by atoms with Crippen molar-refractivity contribution < 1.29 is 22.8 Å². The molecule has 2 amide bonds. The minimum Gasteiger partial charge on any atom is -0.350 e. The standard InChI is InChI=1S/C24H17F3N2O2/c1-2-14-3-9-17(10-4-14)28-22-21(15-5-7-16(25)8-6-15)23(30)29(24(22)31)18-11-12-19(26)20(27)13-18/h3-13,28H,2H2,1H3. The summed E-state index contributed by atoms with van der Waals surface area (Å²) in [7, 11) is 0. The van der Waals surface area contributed by atoms with Gasteiger partial charge in [-0.05, 0) is 53.9 Å². The minimum atomic E-state index is -1.18. The third-order valence-corrected chi connectivity index (χ3v) is 5.01. The van der Waals surface area contributed by atoms with Crippen LogP contribution < -0.4 is 10.2 Å². The predicted molar refractivity (Wildman–Crippen MR) is 112 cm³/mol. The van der Waals surface area contributed by atoms with E-state index in [2.05, 4.69) is 5.32 Å². The van der Waals surface area contributed by atoms with Gasteiger partial charge < -0.3 is 5.32 Å². The second kappa shape index (κ2) is 8.10. The van der Waals surface area contributed by atoms with Crippen molar-refractivity contribution in [2.75, 3.05) is 10.2 Å². The Morgan fingerprint density at radius 1 is 0.806 bits per heavy atom. The molecule has 0 atom stereocenters. The lowest BCUT2D eigenvalue weighted by molar-refractivity contribution is -0.120. The number of anilines is 2. The van der Waals surface area contributed by atoms with Crippen LogP contribution in [0.15, 0.2) is 72.4 Å². The van der Waals surface area contributed by atoms with Crippen molar-refractivity contribution in [2.45, 2.75) is 13.3 Å². The molecule has 0 spiro atoms. The summed E-state index contributed by atoms with van der Waals surface area (Å²) in [4.78, 5) is 27.1. The molecule has 0 aromatic heterocycles. The molecule has 1 aliphatic heterocycles. The molecule has 0 bridgehead atoms. The van der Waals surface area contributed by atoms with Crippen molar-refractivity contribution >= 4 is 28.8 Å². The van der Waals surface area contributed by atoms with E-state index in [9.17, 15) is 22.8 Å². The topological polar surface area (TPSA) is 49.4 Å². The second-order valence-corrected chi connectivity index (χ2v) is 6.98. The summed E-state index contributed by atoms with van der Waals surface area (Å²) < 4.78 is 40.6. The Morgan fingerprint density at radius 3 is 2.10 bits per heavy atom. The zero-order chi connectivity index (χ0) is 22.1. The van der Waals surface area contributed by atoms with E-state index in [-0.39, 0.29) is 17.0 Å². The van der Waals surface area contributed by atoms with Gasteiger partial charge in [-0.1, -0.05) is 31.2 Å². The first-order valence-electron chi connectivity index (χ1n) is 9.59. The Morgan fingerprint density at radius 2 is 1.48 bits per heavy atom. The average Bonchev–Trinajstić information content (AvgIpc) is 3.01. The number of hydrogen-bond donors (Lipinski definition) is 1. The average molecular weight is 422 g/mol. The van der Waals surface area contributed by atoms with Crippen LogP contribution in [0.1, 0.15) is 18.1 Å². The van der Waals surface area contributed by atoms with E-state index < -0.39 is 29.3 Å². The summed E-state index contributed by atoms with van der Waals surface area (Å²) in [6.45, 7) is 2.01. The molecule has 3 aromatic rings. The van der Waals surface area contributed by atoms with Gasteiger partial charge in [-0.2, -0.15) is 0 Å². The number of amides is 2. The van der Waals surface area contributed by atoms with Gasteiger partial charge in [-0.3, -0.25) is 9.59 Å². The van der Waals surface area contributed by atoms with Crippen LogP contribution in [0.2, 0.25) is 0 Å². The Bertz CT molecular complexity index is 1200. The number of nitrogens with one attached hydrogen (secondary N) is 1. The van der Waals surface area contributed by atoms with Gasteiger partial charge in [-0.25, -0.2) is 18.1 Å². The maximum Gasteiger partial charge on any atom is 0.282 e. The van der Waals surface area contributed by atoms with Gasteiger partial charge >= 0.3 is 0 Å². The first kappa shape index (κ1) is 20.4. The fourth-order valence-electron chi connectivity index (χ4n) is 3.36. The van der Waals surface area contributed by atoms with Crippen molar-refractivity contribution in [3.63, 3.8) is 0 Å². The summed E-state index contributed by atoms with van der Waals surface area (Å²) in [5, 5.41) is 2.97. The first-order chi connectivity index (χ1) is 14.9. The number of carbonyl (C=O) groups is 2. The van der Waals surface area contributed by atoms with Crippen molar-refractivity contribution in [3.8, 4) is 0 Å². The van der Waals surface area contributed by atoms with E-state index in [0.29, 0.717) is 11.3 Å². The summed E-state index contributed by atoms with van der Waals surface area (Å²) >= 11 is 0.